The molecule has 1 aliphatic carbocycles. The van der Waals surface area contributed by atoms with Gasteiger partial charge in [-0.1, -0.05) is 31.4 Å². The molecule has 1 saturated carbocycles. The van der Waals surface area contributed by atoms with Gasteiger partial charge in [0, 0.05) is 19.5 Å². The van der Waals surface area contributed by atoms with Crippen LogP contribution in [0, 0.1) is 0 Å². The van der Waals surface area contributed by atoms with Crippen LogP contribution in [0.25, 0.3) is 11.3 Å². The molecule has 1 aromatic heterocycles. The van der Waals surface area contributed by atoms with Crippen molar-refractivity contribution in [1.29, 1.82) is 0 Å². The largest absolute Gasteiger partial charge is 0.354 e. The fourth-order valence-corrected chi connectivity index (χ4v) is 5.26. The Morgan fingerprint density at radius 1 is 1.11 bits per heavy atom. The van der Waals surface area contributed by atoms with E-state index in [9.17, 15) is 18.0 Å². The number of hydrogen-bond donors (Lipinski definition) is 2. The zero-order valence-electron chi connectivity index (χ0n) is 15.4. The number of Topliss-reactive ketones (excluding diaryl/α,β-unsaturated/α-hetero) is 1. The molecule has 1 aromatic carbocycles. The van der Waals surface area contributed by atoms with E-state index in [1.807, 2.05) is 0 Å². The lowest BCUT2D eigenvalue weighted by atomic mass is 10.0. The average Bonchev–Trinajstić information content (AvgIpc) is 3.14. The Bertz CT molecular complexity index is 955. The van der Waals surface area contributed by atoms with Gasteiger partial charge in [0.2, 0.25) is 0 Å². The van der Waals surface area contributed by atoms with Crippen LogP contribution in [0.4, 0.5) is 0 Å². The molecule has 0 radical (unpaired) electrons. The number of aromatic nitrogens is 2. The van der Waals surface area contributed by atoms with Crippen molar-refractivity contribution >= 4 is 21.5 Å². The highest BCUT2D eigenvalue weighted by Gasteiger charge is 2.29. The summed E-state index contributed by atoms with van der Waals surface area (Å²) in [4.78, 5) is 30.9. The number of rotatable bonds is 5. The molecular weight excluding hydrogens is 366 g/mol. The van der Waals surface area contributed by atoms with Crippen LogP contribution in [-0.2, 0) is 9.84 Å². The van der Waals surface area contributed by atoms with Crippen molar-refractivity contribution in [3.05, 3.63) is 35.8 Å². The smallest absolute Gasteiger partial charge is 0.269 e. The molecule has 1 heterocycles. The summed E-state index contributed by atoms with van der Waals surface area (Å²) in [5.74, 6) is -0.602. The van der Waals surface area contributed by atoms with E-state index in [1.54, 1.807) is 24.3 Å². The van der Waals surface area contributed by atoms with Gasteiger partial charge in [0.05, 0.1) is 10.1 Å². The van der Waals surface area contributed by atoms with Crippen molar-refractivity contribution in [3.8, 4) is 11.3 Å². The molecule has 0 aliphatic heterocycles. The Kier molecular flexibility index (Phi) is 5.46. The molecule has 27 heavy (non-hydrogen) atoms. The summed E-state index contributed by atoms with van der Waals surface area (Å²) < 4.78 is 25.6. The van der Waals surface area contributed by atoms with Crippen LogP contribution in [0.1, 0.15) is 60.1 Å². The first-order valence-electron chi connectivity index (χ1n) is 9.02. The van der Waals surface area contributed by atoms with Crippen molar-refractivity contribution in [2.45, 2.75) is 49.2 Å². The SMILES string of the molecule is CNC(=O)c1[nH]c(C(C)=O)nc1-c1ccc(S(=O)(=O)C2CCCCC2)cc1. The third kappa shape index (κ3) is 3.80. The van der Waals surface area contributed by atoms with Gasteiger partial charge in [0.25, 0.3) is 5.91 Å². The molecule has 0 unspecified atom stereocenters. The van der Waals surface area contributed by atoms with E-state index in [0.717, 1.165) is 19.3 Å². The average molecular weight is 389 g/mol. The van der Waals surface area contributed by atoms with Crippen LogP contribution in [-0.4, -0.2) is 42.4 Å². The number of amides is 1. The second-order valence-corrected chi connectivity index (χ2v) is 9.00. The summed E-state index contributed by atoms with van der Waals surface area (Å²) in [5, 5.41) is 2.18. The van der Waals surface area contributed by atoms with Gasteiger partial charge >= 0.3 is 0 Å². The first kappa shape index (κ1) is 19.3. The summed E-state index contributed by atoms with van der Waals surface area (Å²) in [6.45, 7) is 1.36. The van der Waals surface area contributed by atoms with E-state index in [0.29, 0.717) is 24.1 Å². The fourth-order valence-electron chi connectivity index (χ4n) is 3.41. The molecule has 1 aliphatic rings. The van der Waals surface area contributed by atoms with Crippen LogP contribution in [0.5, 0.6) is 0 Å². The highest BCUT2D eigenvalue weighted by Crippen LogP contribution is 2.30. The molecule has 0 saturated heterocycles. The van der Waals surface area contributed by atoms with Gasteiger partial charge in [-0.2, -0.15) is 0 Å². The van der Waals surface area contributed by atoms with Crippen LogP contribution < -0.4 is 5.32 Å². The lowest BCUT2D eigenvalue weighted by Crippen LogP contribution is -2.24. The Morgan fingerprint density at radius 3 is 2.30 bits per heavy atom. The summed E-state index contributed by atoms with van der Waals surface area (Å²) in [7, 11) is -1.88. The van der Waals surface area contributed by atoms with Crippen molar-refractivity contribution in [3.63, 3.8) is 0 Å². The van der Waals surface area contributed by atoms with Crippen LogP contribution in [0.15, 0.2) is 29.2 Å². The van der Waals surface area contributed by atoms with E-state index in [1.165, 1.54) is 14.0 Å². The minimum Gasteiger partial charge on any atom is -0.354 e. The van der Waals surface area contributed by atoms with E-state index >= 15 is 0 Å². The Morgan fingerprint density at radius 2 is 1.74 bits per heavy atom. The fraction of sp³-hybridized carbons (Fsp3) is 0.421. The molecular formula is C19H23N3O4S. The quantitative estimate of drug-likeness (QED) is 0.764. The van der Waals surface area contributed by atoms with Crippen molar-refractivity contribution in [1.82, 2.24) is 15.3 Å². The number of sulfone groups is 1. The number of carbonyl (C=O) groups is 2. The number of imidazole rings is 1. The number of H-pyrrole nitrogens is 1. The summed E-state index contributed by atoms with van der Waals surface area (Å²) in [6, 6.07) is 6.36. The molecule has 3 rings (SSSR count). The Balaban J connectivity index is 1.96. The van der Waals surface area contributed by atoms with Gasteiger partial charge in [0.1, 0.15) is 11.4 Å². The van der Waals surface area contributed by atoms with E-state index in [4.69, 9.17) is 0 Å². The van der Waals surface area contributed by atoms with Crippen LogP contribution in [0.3, 0.4) is 0 Å². The summed E-state index contributed by atoms with van der Waals surface area (Å²) >= 11 is 0. The number of ketones is 1. The Labute approximate surface area is 158 Å². The molecule has 2 aromatic rings. The predicted molar refractivity (Wildman–Crippen MR) is 101 cm³/mol. The molecule has 144 valence electrons. The maximum Gasteiger partial charge on any atom is 0.269 e. The minimum atomic E-state index is -3.36. The molecule has 1 amide bonds. The van der Waals surface area contributed by atoms with Crippen molar-refractivity contribution in [2.75, 3.05) is 7.05 Å². The molecule has 0 bridgehead atoms. The van der Waals surface area contributed by atoms with Gasteiger partial charge in [-0.15, -0.1) is 0 Å². The third-order valence-electron chi connectivity index (χ3n) is 4.94. The maximum absolute atomic E-state index is 12.8. The van der Waals surface area contributed by atoms with Crippen molar-refractivity contribution < 1.29 is 18.0 Å². The second-order valence-electron chi connectivity index (χ2n) is 6.77. The summed E-state index contributed by atoms with van der Waals surface area (Å²) in [6.07, 6.45) is 4.38. The number of nitrogens with zero attached hydrogens (tertiary/aromatic N) is 1. The topological polar surface area (TPSA) is 109 Å². The lowest BCUT2D eigenvalue weighted by Gasteiger charge is -2.21. The van der Waals surface area contributed by atoms with E-state index in [2.05, 4.69) is 15.3 Å². The van der Waals surface area contributed by atoms with Gasteiger partial charge in [-0.05, 0) is 25.0 Å². The standard InChI is InChI=1S/C19H23N3O4S/c1-12(23)18-21-16(17(22-18)19(24)20-2)13-8-10-15(11-9-13)27(25,26)14-6-4-3-5-7-14/h8-11,14H,3-7H2,1-2H3,(H,20,24)(H,21,22). The van der Waals surface area contributed by atoms with E-state index < -0.39 is 15.7 Å². The zero-order valence-corrected chi connectivity index (χ0v) is 16.2. The highest BCUT2D eigenvalue weighted by molar-refractivity contribution is 7.92. The van der Waals surface area contributed by atoms with Crippen LogP contribution >= 0.6 is 0 Å². The van der Waals surface area contributed by atoms with Gasteiger partial charge in [-0.25, -0.2) is 13.4 Å². The van der Waals surface area contributed by atoms with Gasteiger partial charge in [-0.3, -0.25) is 9.59 Å². The van der Waals surface area contributed by atoms with E-state index in [-0.39, 0.29) is 27.4 Å². The first-order valence-corrected chi connectivity index (χ1v) is 10.6. The van der Waals surface area contributed by atoms with Crippen molar-refractivity contribution in [2.24, 2.45) is 0 Å². The number of benzene rings is 1. The minimum absolute atomic E-state index is 0.0857. The first-order chi connectivity index (χ1) is 12.8. The molecule has 7 nitrogen and oxygen atoms in total. The van der Waals surface area contributed by atoms with Gasteiger partial charge < -0.3 is 10.3 Å². The second kappa shape index (κ2) is 7.64. The molecule has 0 atom stereocenters. The number of hydrogen-bond acceptors (Lipinski definition) is 5. The lowest BCUT2D eigenvalue weighted by molar-refractivity contribution is 0.0959. The summed E-state index contributed by atoms with van der Waals surface area (Å²) in [5.41, 5.74) is 1.06. The molecule has 0 spiro atoms. The predicted octanol–water partition coefficient (Wildman–Crippen LogP) is 2.75. The Hall–Kier alpha value is -2.48. The maximum atomic E-state index is 12.8. The molecule has 8 heteroatoms. The number of nitrogens with one attached hydrogen (secondary N) is 2. The van der Waals surface area contributed by atoms with Crippen LogP contribution in [0.2, 0.25) is 0 Å². The molecule has 2 N–H and O–H groups in total. The monoisotopic (exact) mass is 389 g/mol. The highest BCUT2D eigenvalue weighted by atomic mass is 32.2. The number of carbonyl (C=O) groups excluding carboxylic acids is 2. The normalized spacial score (nSPS) is 15.5. The van der Waals surface area contributed by atoms with Gasteiger partial charge in [0.15, 0.2) is 21.4 Å². The number of aromatic amines is 1. The molecule has 1 fully saturated rings. The third-order valence-corrected chi connectivity index (χ3v) is 7.22. The zero-order chi connectivity index (χ0) is 19.6.